The molecule has 5 rings (SSSR count). The molecule has 0 amide bonds. The predicted molar refractivity (Wildman–Crippen MR) is 140 cm³/mol. The van der Waals surface area contributed by atoms with Gasteiger partial charge in [0, 0.05) is 28.0 Å². The average Bonchev–Trinajstić information content (AvgIpc) is 3.06. The molecule has 2 fully saturated rings. The molecule has 0 radical (unpaired) electrons. The second kappa shape index (κ2) is 10.8. The first kappa shape index (κ1) is 24.6. The van der Waals surface area contributed by atoms with Crippen molar-refractivity contribution in [2.24, 2.45) is 5.92 Å². The van der Waals surface area contributed by atoms with Gasteiger partial charge in [0.25, 0.3) is 0 Å². The van der Waals surface area contributed by atoms with Crippen LogP contribution in [0.1, 0.15) is 48.0 Å². The van der Waals surface area contributed by atoms with Crippen molar-refractivity contribution in [2.45, 2.75) is 43.4 Å². The minimum Gasteiger partial charge on any atom is -0.368 e. The Morgan fingerprint density at radius 2 is 1.45 bits per heavy atom. The van der Waals surface area contributed by atoms with E-state index in [1.54, 1.807) is 0 Å². The lowest BCUT2D eigenvalue weighted by molar-refractivity contribution is -0.00335. The zero-order valence-electron chi connectivity index (χ0n) is 18.7. The number of rotatable bonds is 6. The van der Waals surface area contributed by atoms with Crippen molar-refractivity contribution in [1.29, 1.82) is 0 Å². The number of hydrogen-bond donors (Lipinski definition) is 0. The summed E-state index contributed by atoms with van der Waals surface area (Å²) in [7, 11) is 2.29. The highest BCUT2D eigenvalue weighted by atomic mass is 35.5. The van der Waals surface area contributed by atoms with E-state index in [0.29, 0.717) is 23.9 Å². The van der Waals surface area contributed by atoms with Gasteiger partial charge in [0.2, 0.25) is 0 Å². The molecule has 5 heteroatoms. The summed E-state index contributed by atoms with van der Waals surface area (Å²) in [6, 6.07) is 28.2. The van der Waals surface area contributed by atoms with Crippen LogP contribution < -0.4 is 0 Å². The Kier molecular flexibility index (Phi) is 8.04. The van der Waals surface area contributed by atoms with Crippen LogP contribution in [0.3, 0.4) is 0 Å². The lowest BCUT2D eigenvalue weighted by Gasteiger charge is -2.43. The first-order valence-corrected chi connectivity index (χ1v) is 12.2. The summed E-state index contributed by atoms with van der Waals surface area (Å²) >= 11 is 12.3. The van der Waals surface area contributed by atoms with Gasteiger partial charge in [-0.2, -0.15) is 0 Å². The second-order valence-corrected chi connectivity index (χ2v) is 10.1. The van der Waals surface area contributed by atoms with Crippen LogP contribution in [0, 0.1) is 5.92 Å². The molecule has 5 atom stereocenters. The van der Waals surface area contributed by atoms with E-state index in [1.807, 2.05) is 30.3 Å². The third-order valence-electron chi connectivity index (χ3n) is 7.46. The maximum Gasteiger partial charge on any atom is 0.108 e. The van der Waals surface area contributed by atoms with E-state index in [4.69, 9.17) is 27.9 Å². The van der Waals surface area contributed by atoms with E-state index in [1.165, 1.54) is 30.4 Å². The third-order valence-corrected chi connectivity index (χ3v) is 7.96. The van der Waals surface area contributed by atoms with Crippen LogP contribution >= 0.6 is 35.6 Å². The fourth-order valence-corrected chi connectivity index (χ4v) is 6.01. The molecular formula is C28H30Cl3NO. The molecule has 174 valence electrons. The highest BCUT2D eigenvalue weighted by Gasteiger charge is 2.46. The number of benzene rings is 3. The highest BCUT2D eigenvalue weighted by Crippen LogP contribution is 2.47. The first-order chi connectivity index (χ1) is 15.6. The second-order valence-electron chi connectivity index (χ2n) is 9.20. The highest BCUT2D eigenvalue weighted by molar-refractivity contribution is 6.30. The Balaban J connectivity index is 0.00000259. The van der Waals surface area contributed by atoms with E-state index < -0.39 is 0 Å². The number of piperidine rings is 1. The number of hydrogen-bond acceptors (Lipinski definition) is 2. The largest absolute Gasteiger partial charge is 0.368 e. The van der Waals surface area contributed by atoms with Gasteiger partial charge >= 0.3 is 0 Å². The molecule has 3 aromatic rings. The maximum absolute atomic E-state index is 6.77. The van der Waals surface area contributed by atoms with Gasteiger partial charge in [0.15, 0.2) is 0 Å². The van der Waals surface area contributed by atoms with Crippen molar-refractivity contribution in [1.82, 2.24) is 4.90 Å². The molecule has 0 aromatic heterocycles. The summed E-state index contributed by atoms with van der Waals surface area (Å²) in [6.07, 6.45) is 3.60. The Morgan fingerprint density at radius 1 is 0.848 bits per heavy atom. The van der Waals surface area contributed by atoms with E-state index in [-0.39, 0.29) is 18.5 Å². The summed E-state index contributed by atoms with van der Waals surface area (Å²) in [5, 5.41) is 1.54. The van der Waals surface area contributed by atoms with Gasteiger partial charge in [0.1, 0.15) is 6.10 Å². The van der Waals surface area contributed by atoms with Crippen molar-refractivity contribution < 1.29 is 4.74 Å². The van der Waals surface area contributed by atoms with Crippen LogP contribution in [0.4, 0.5) is 0 Å². The van der Waals surface area contributed by atoms with Crippen molar-refractivity contribution in [3.8, 4) is 0 Å². The number of halogens is 3. The van der Waals surface area contributed by atoms with Crippen molar-refractivity contribution in [2.75, 3.05) is 13.7 Å². The summed E-state index contributed by atoms with van der Waals surface area (Å²) in [5.74, 6) is 0.932. The van der Waals surface area contributed by atoms with E-state index in [9.17, 15) is 0 Å². The molecular weight excluding hydrogens is 473 g/mol. The molecule has 0 spiro atoms. The van der Waals surface area contributed by atoms with Gasteiger partial charge < -0.3 is 9.64 Å². The van der Waals surface area contributed by atoms with Gasteiger partial charge in [-0.15, -0.1) is 12.4 Å². The molecule has 3 aromatic carbocycles. The minimum absolute atomic E-state index is 0. The zero-order valence-corrected chi connectivity index (χ0v) is 21.1. The quantitative estimate of drug-likeness (QED) is 0.341. The van der Waals surface area contributed by atoms with Gasteiger partial charge in [0.05, 0.1) is 6.61 Å². The first-order valence-electron chi connectivity index (χ1n) is 11.5. The normalized spacial score (nSPS) is 25.4. The van der Waals surface area contributed by atoms with Gasteiger partial charge in [-0.05, 0) is 73.2 Å². The third kappa shape index (κ3) is 5.26. The van der Waals surface area contributed by atoms with Crippen LogP contribution in [-0.2, 0) is 4.74 Å². The summed E-state index contributed by atoms with van der Waals surface area (Å²) < 4.78 is 6.77. The van der Waals surface area contributed by atoms with Crippen molar-refractivity contribution in [3.63, 3.8) is 0 Å². The van der Waals surface area contributed by atoms with Gasteiger partial charge in [-0.3, -0.25) is 0 Å². The molecule has 0 aliphatic carbocycles. The van der Waals surface area contributed by atoms with Crippen molar-refractivity contribution >= 4 is 35.6 Å². The maximum atomic E-state index is 6.77. The monoisotopic (exact) mass is 501 g/mol. The summed E-state index contributed by atoms with van der Waals surface area (Å²) in [6.45, 7) is 0.719. The smallest absolute Gasteiger partial charge is 0.108 e. The van der Waals surface area contributed by atoms with Gasteiger partial charge in [-0.25, -0.2) is 0 Å². The molecule has 2 nitrogen and oxygen atoms in total. The SMILES string of the molecule is CN1C2CCC1[C@@H](COC(c1ccccc1)c1ccc(Cl)cc1)C(c1ccc(Cl)cc1)C2.Cl. The predicted octanol–water partition coefficient (Wildman–Crippen LogP) is 7.79. The van der Waals surface area contributed by atoms with Crippen LogP contribution in [-0.4, -0.2) is 30.6 Å². The zero-order chi connectivity index (χ0) is 22.1. The van der Waals surface area contributed by atoms with Crippen LogP contribution in [0.5, 0.6) is 0 Å². The standard InChI is InChI=1S/C28H29Cl2NO.ClH/c1-31-24-15-16-27(31)26(25(17-24)19-7-11-22(29)12-8-19)18-32-28(20-5-3-2-4-6-20)21-9-13-23(30)14-10-21;/h2-14,24-28H,15-18H2,1H3;1H/t24?,25?,26-,27?,28?;/m0./s1. The minimum atomic E-state index is -0.108. The molecule has 33 heavy (non-hydrogen) atoms. The van der Waals surface area contributed by atoms with E-state index in [2.05, 4.69) is 60.5 Å². The summed E-state index contributed by atoms with van der Waals surface area (Å²) in [5.41, 5.74) is 3.69. The molecule has 2 saturated heterocycles. The summed E-state index contributed by atoms with van der Waals surface area (Å²) in [4.78, 5) is 2.60. The number of nitrogens with zero attached hydrogens (tertiary/aromatic N) is 1. The Hall–Kier alpha value is -1.55. The Morgan fingerprint density at radius 3 is 2.12 bits per heavy atom. The van der Waals surface area contributed by atoms with E-state index >= 15 is 0 Å². The van der Waals surface area contributed by atoms with E-state index in [0.717, 1.165) is 22.2 Å². The van der Waals surface area contributed by atoms with Crippen LogP contribution in [0.15, 0.2) is 78.9 Å². The molecule has 2 aliphatic rings. The lowest BCUT2D eigenvalue weighted by atomic mass is 9.76. The lowest BCUT2D eigenvalue weighted by Crippen LogP contribution is -2.47. The fraction of sp³-hybridized carbons (Fsp3) is 0.357. The number of fused-ring (bicyclic) bond motifs is 2. The van der Waals surface area contributed by atoms with Crippen LogP contribution in [0.2, 0.25) is 10.0 Å². The fourth-order valence-electron chi connectivity index (χ4n) is 5.76. The Bertz CT molecular complexity index is 1030. The van der Waals surface area contributed by atoms with Gasteiger partial charge in [-0.1, -0.05) is 77.8 Å². The number of ether oxygens (including phenoxy) is 1. The molecule has 0 saturated carbocycles. The molecule has 4 unspecified atom stereocenters. The molecule has 2 bridgehead atoms. The molecule has 2 aliphatic heterocycles. The molecule has 2 heterocycles. The van der Waals surface area contributed by atoms with Crippen molar-refractivity contribution in [3.05, 3.63) is 106 Å². The Labute approximate surface area is 213 Å². The average molecular weight is 503 g/mol. The molecule has 0 N–H and O–H groups in total. The van der Waals surface area contributed by atoms with Crippen LogP contribution in [0.25, 0.3) is 0 Å². The topological polar surface area (TPSA) is 12.5 Å².